The summed E-state index contributed by atoms with van der Waals surface area (Å²) in [6.07, 6.45) is 5.56. The van der Waals surface area contributed by atoms with Crippen LogP contribution in [0.25, 0.3) is 0 Å². The zero-order valence-corrected chi connectivity index (χ0v) is 8.18. The predicted molar refractivity (Wildman–Crippen MR) is 56.6 cm³/mol. The largest absolute Gasteiger partial charge is 0.122 e. The molecule has 1 aromatic carbocycles. The molecule has 0 atom stereocenters. The Morgan fingerprint density at radius 3 is 2.58 bits per heavy atom. The molecule has 1 rings (SSSR count). The summed E-state index contributed by atoms with van der Waals surface area (Å²) in [5.41, 5.74) is 0. The Hall–Kier alpha value is -0.690. The number of hydrogen-bond acceptors (Lipinski definition) is 1. The smallest absolute Gasteiger partial charge is 0.0160 e. The van der Waals surface area contributed by atoms with E-state index in [1.54, 1.807) is 0 Å². The van der Waals surface area contributed by atoms with E-state index in [0.29, 0.717) is 0 Å². The standard InChI is InChI=1S/C11H14S/c1-2-3-7-10-12-11-8-5-4-6-9-11/h3-9H,2,10H2,1H3/b7-3-. The summed E-state index contributed by atoms with van der Waals surface area (Å²) in [7, 11) is 0. The van der Waals surface area contributed by atoms with Gasteiger partial charge in [0.15, 0.2) is 0 Å². The first-order valence-corrected chi connectivity index (χ1v) is 5.25. The minimum absolute atomic E-state index is 1.08. The molecule has 64 valence electrons. The molecule has 0 fully saturated rings. The zero-order valence-electron chi connectivity index (χ0n) is 7.36. The lowest BCUT2D eigenvalue weighted by Gasteiger charge is -1.95. The molecule has 0 aromatic heterocycles. The van der Waals surface area contributed by atoms with Gasteiger partial charge in [0.2, 0.25) is 0 Å². The first kappa shape index (κ1) is 9.40. The van der Waals surface area contributed by atoms with Crippen LogP contribution in [0.15, 0.2) is 47.4 Å². The van der Waals surface area contributed by atoms with Crippen LogP contribution in [0, 0.1) is 0 Å². The molecule has 0 radical (unpaired) electrons. The summed E-state index contributed by atoms with van der Waals surface area (Å²) < 4.78 is 0. The van der Waals surface area contributed by atoms with Gasteiger partial charge in [0.25, 0.3) is 0 Å². The molecule has 0 aliphatic heterocycles. The quantitative estimate of drug-likeness (QED) is 0.500. The molecule has 0 unspecified atom stereocenters. The molecule has 0 heterocycles. The average molecular weight is 178 g/mol. The topological polar surface area (TPSA) is 0 Å². The highest BCUT2D eigenvalue weighted by Crippen LogP contribution is 2.16. The third kappa shape index (κ3) is 3.63. The molecule has 0 nitrogen and oxygen atoms in total. The van der Waals surface area contributed by atoms with Crippen molar-refractivity contribution in [1.29, 1.82) is 0 Å². The van der Waals surface area contributed by atoms with Gasteiger partial charge in [-0.3, -0.25) is 0 Å². The summed E-state index contributed by atoms with van der Waals surface area (Å²) in [5, 5.41) is 0. The molecule has 0 bridgehead atoms. The van der Waals surface area contributed by atoms with Gasteiger partial charge >= 0.3 is 0 Å². The average Bonchev–Trinajstić information content (AvgIpc) is 2.14. The van der Waals surface area contributed by atoms with Crippen LogP contribution >= 0.6 is 11.8 Å². The summed E-state index contributed by atoms with van der Waals surface area (Å²) in [5.74, 6) is 1.08. The fourth-order valence-corrected chi connectivity index (χ4v) is 1.67. The van der Waals surface area contributed by atoms with Crippen molar-refractivity contribution >= 4 is 11.8 Å². The molecule has 0 spiro atoms. The van der Waals surface area contributed by atoms with Crippen molar-refractivity contribution in [1.82, 2.24) is 0 Å². The molecule has 0 saturated carbocycles. The van der Waals surface area contributed by atoms with Crippen LogP contribution in [0.1, 0.15) is 13.3 Å². The molecular formula is C11H14S. The first-order valence-electron chi connectivity index (χ1n) is 4.26. The Kier molecular flexibility index (Phi) is 4.62. The van der Waals surface area contributed by atoms with E-state index in [1.807, 2.05) is 17.8 Å². The third-order valence-electron chi connectivity index (χ3n) is 1.49. The number of thioether (sulfide) groups is 1. The monoisotopic (exact) mass is 178 g/mol. The first-order chi connectivity index (χ1) is 5.93. The molecule has 1 heteroatoms. The van der Waals surface area contributed by atoms with Gasteiger partial charge in [0.1, 0.15) is 0 Å². The summed E-state index contributed by atoms with van der Waals surface area (Å²) in [4.78, 5) is 1.35. The van der Waals surface area contributed by atoms with Crippen LogP contribution < -0.4 is 0 Å². The Balaban J connectivity index is 2.29. The van der Waals surface area contributed by atoms with E-state index < -0.39 is 0 Å². The molecule has 0 amide bonds. The van der Waals surface area contributed by atoms with Crippen molar-refractivity contribution in [3.63, 3.8) is 0 Å². The van der Waals surface area contributed by atoms with Crippen LogP contribution in [-0.2, 0) is 0 Å². The number of allylic oxidation sites excluding steroid dienone is 1. The minimum Gasteiger partial charge on any atom is -0.122 e. The Morgan fingerprint density at radius 1 is 1.17 bits per heavy atom. The van der Waals surface area contributed by atoms with E-state index in [4.69, 9.17) is 0 Å². The van der Waals surface area contributed by atoms with E-state index in [-0.39, 0.29) is 0 Å². The van der Waals surface area contributed by atoms with Gasteiger partial charge < -0.3 is 0 Å². The zero-order chi connectivity index (χ0) is 8.65. The van der Waals surface area contributed by atoms with Crippen molar-refractivity contribution in [2.75, 3.05) is 5.75 Å². The van der Waals surface area contributed by atoms with Crippen molar-refractivity contribution < 1.29 is 0 Å². The molecular weight excluding hydrogens is 164 g/mol. The van der Waals surface area contributed by atoms with E-state index in [1.165, 1.54) is 4.90 Å². The number of hydrogen-bond donors (Lipinski definition) is 0. The van der Waals surface area contributed by atoms with Gasteiger partial charge in [-0.15, -0.1) is 11.8 Å². The SMILES string of the molecule is CC/C=C\CSc1ccccc1. The molecule has 12 heavy (non-hydrogen) atoms. The van der Waals surface area contributed by atoms with Crippen LogP contribution in [0.5, 0.6) is 0 Å². The molecule has 0 aliphatic rings. The maximum Gasteiger partial charge on any atom is 0.0160 e. The number of benzene rings is 1. The normalized spacial score (nSPS) is 10.8. The minimum atomic E-state index is 1.08. The highest BCUT2D eigenvalue weighted by atomic mass is 32.2. The Bertz CT molecular complexity index is 226. The second-order valence-corrected chi connectivity index (χ2v) is 3.60. The predicted octanol–water partition coefficient (Wildman–Crippen LogP) is 3.74. The van der Waals surface area contributed by atoms with E-state index in [9.17, 15) is 0 Å². The summed E-state index contributed by atoms with van der Waals surface area (Å²) in [6.45, 7) is 2.16. The second-order valence-electron chi connectivity index (χ2n) is 2.50. The fraction of sp³-hybridized carbons (Fsp3) is 0.273. The third-order valence-corrected chi connectivity index (χ3v) is 2.46. The molecule has 0 aliphatic carbocycles. The molecule has 0 saturated heterocycles. The van der Waals surface area contributed by atoms with Gasteiger partial charge in [-0.25, -0.2) is 0 Å². The van der Waals surface area contributed by atoms with Crippen molar-refractivity contribution in [2.24, 2.45) is 0 Å². The summed E-state index contributed by atoms with van der Waals surface area (Å²) >= 11 is 1.87. The highest BCUT2D eigenvalue weighted by Gasteiger charge is 1.87. The summed E-state index contributed by atoms with van der Waals surface area (Å²) in [6, 6.07) is 10.5. The van der Waals surface area contributed by atoms with Crippen LogP contribution in [0.3, 0.4) is 0 Å². The fourth-order valence-electron chi connectivity index (χ4n) is 0.896. The van der Waals surface area contributed by atoms with E-state index >= 15 is 0 Å². The lowest BCUT2D eigenvalue weighted by atomic mass is 10.4. The van der Waals surface area contributed by atoms with Crippen LogP contribution in [0.4, 0.5) is 0 Å². The second kappa shape index (κ2) is 5.90. The van der Waals surface area contributed by atoms with Gasteiger partial charge in [-0.1, -0.05) is 37.3 Å². The molecule has 0 N–H and O–H groups in total. The maximum absolute atomic E-state index is 2.22. The Morgan fingerprint density at radius 2 is 1.92 bits per heavy atom. The van der Waals surface area contributed by atoms with Crippen LogP contribution in [0.2, 0.25) is 0 Å². The lowest BCUT2D eigenvalue weighted by Crippen LogP contribution is -1.72. The lowest BCUT2D eigenvalue weighted by molar-refractivity contribution is 1.22. The van der Waals surface area contributed by atoms with E-state index in [0.717, 1.165) is 12.2 Å². The van der Waals surface area contributed by atoms with E-state index in [2.05, 4.69) is 43.3 Å². The highest BCUT2D eigenvalue weighted by molar-refractivity contribution is 7.99. The molecule has 1 aromatic rings. The Labute approximate surface area is 78.7 Å². The van der Waals surface area contributed by atoms with Crippen molar-refractivity contribution in [3.05, 3.63) is 42.5 Å². The van der Waals surface area contributed by atoms with Gasteiger partial charge in [0.05, 0.1) is 0 Å². The maximum atomic E-state index is 2.22. The van der Waals surface area contributed by atoms with Gasteiger partial charge in [-0.05, 0) is 18.6 Å². The van der Waals surface area contributed by atoms with Gasteiger partial charge in [-0.2, -0.15) is 0 Å². The van der Waals surface area contributed by atoms with Crippen LogP contribution in [-0.4, -0.2) is 5.75 Å². The van der Waals surface area contributed by atoms with Gasteiger partial charge in [0, 0.05) is 10.6 Å². The number of rotatable bonds is 4. The van der Waals surface area contributed by atoms with Crippen molar-refractivity contribution in [2.45, 2.75) is 18.2 Å². The van der Waals surface area contributed by atoms with Crippen molar-refractivity contribution in [3.8, 4) is 0 Å².